The minimum absolute atomic E-state index is 0.0499. The molecule has 1 aromatic heterocycles. The lowest BCUT2D eigenvalue weighted by molar-refractivity contribution is -0.121. The van der Waals surface area contributed by atoms with Gasteiger partial charge in [0.25, 0.3) is 5.56 Å². The Morgan fingerprint density at radius 1 is 1.06 bits per heavy atom. The lowest BCUT2D eigenvalue weighted by Crippen LogP contribution is -2.38. The van der Waals surface area contributed by atoms with Gasteiger partial charge < -0.3 is 10.2 Å². The second-order valence-corrected chi connectivity index (χ2v) is 11.3. The predicted octanol–water partition coefficient (Wildman–Crippen LogP) is 4.98. The van der Waals surface area contributed by atoms with E-state index in [1.165, 1.54) is 61.9 Å². The standard InChI is InChI=1S/C29H33ClN4O2/c30-23-6-4-5-21(15-23)28-32-26-10-7-20(22-13-19(14-22)17-33-11-2-1-3-12-33)16-25(26)29(36)34(28)18-27(35)31-24-8-9-24/h4-7,10,15-16,19,22,24H,1-3,8-9,11-14,17-18H2,(H,31,35)/t19-,22+. The summed E-state index contributed by atoms with van der Waals surface area (Å²) in [4.78, 5) is 33.9. The fourth-order valence-corrected chi connectivity index (χ4v) is 5.99. The van der Waals surface area contributed by atoms with Crippen molar-refractivity contribution >= 4 is 28.4 Å². The third kappa shape index (κ3) is 5.07. The second kappa shape index (κ2) is 9.98. The molecule has 3 fully saturated rings. The van der Waals surface area contributed by atoms with Gasteiger partial charge in [0.15, 0.2) is 0 Å². The SMILES string of the molecule is O=C(Cn1c(-c2cccc(Cl)c2)nc2ccc([C@H]3C[C@@H](CN4CCCCC4)C3)cc2c1=O)NC1CC1. The molecule has 3 aliphatic rings. The van der Waals surface area contributed by atoms with Crippen molar-refractivity contribution in [3.63, 3.8) is 0 Å². The number of benzene rings is 2. The number of carbonyl (C=O) groups is 1. The summed E-state index contributed by atoms with van der Waals surface area (Å²) in [7, 11) is 0. The van der Waals surface area contributed by atoms with Crippen LogP contribution in [0.5, 0.6) is 0 Å². The highest BCUT2D eigenvalue weighted by molar-refractivity contribution is 6.30. The molecule has 1 N–H and O–H groups in total. The van der Waals surface area contributed by atoms with Crippen molar-refractivity contribution in [2.75, 3.05) is 19.6 Å². The number of carbonyl (C=O) groups excluding carboxylic acids is 1. The number of halogens is 1. The van der Waals surface area contributed by atoms with Gasteiger partial charge in [-0.25, -0.2) is 4.98 Å². The van der Waals surface area contributed by atoms with Crippen LogP contribution in [0.4, 0.5) is 0 Å². The van der Waals surface area contributed by atoms with E-state index in [0.29, 0.717) is 27.7 Å². The fraction of sp³-hybridized carbons (Fsp3) is 0.483. The van der Waals surface area contributed by atoms with Gasteiger partial charge in [0.2, 0.25) is 5.91 Å². The van der Waals surface area contributed by atoms with Gasteiger partial charge in [0.05, 0.1) is 10.9 Å². The lowest BCUT2D eigenvalue weighted by atomic mass is 9.71. The van der Waals surface area contributed by atoms with Crippen molar-refractivity contribution in [3.8, 4) is 11.4 Å². The summed E-state index contributed by atoms with van der Waals surface area (Å²) in [6.45, 7) is 3.64. The molecule has 1 saturated heterocycles. The first-order valence-corrected chi connectivity index (χ1v) is 13.7. The summed E-state index contributed by atoms with van der Waals surface area (Å²) in [6, 6.07) is 13.6. The molecule has 2 aromatic carbocycles. The maximum atomic E-state index is 13.8. The van der Waals surface area contributed by atoms with E-state index in [9.17, 15) is 9.59 Å². The number of amides is 1. The van der Waals surface area contributed by atoms with Gasteiger partial charge in [-0.15, -0.1) is 0 Å². The Kier molecular flexibility index (Phi) is 6.57. The smallest absolute Gasteiger partial charge is 0.262 e. The Morgan fingerprint density at radius 2 is 1.86 bits per heavy atom. The van der Waals surface area contributed by atoms with Crippen LogP contribution >= 0.6 is 11.6 Å². The number of piperidine rings is 1. The molecular weight excluding hydrogens is 472 g/mol. The van der Waals surface area contributed by atoms with Gasteiger partial charge >= 0.3 is 0 Å². The monoisotopic (exact) mass is 504 g/mol. The van der Waals surface area contributed by atoms with Gasteiger partial charge in [-0.2, -0.15) is 0 Å². The van der Waals surface area contributed by atoms with E-state index < -0.39 is 0 Å². The molecule has 0 radical (unpaired) electrons. The molecule has 1 amide bonds. The average molecular weight is 505 g/mol. The van der Waals surface area contributed by atoms with Crippen LogP contribution in [0.25, 0.3) is 22.3 Å². The van der Waals surface area contributed by atoms with Crippen molar-refractivity contribution < 1.29 is 4.79 Å². The molecule has 6 rings (SSSR count). The lowest BCUT2D eigenvalue weighted by Gasteiger charge is -2.40. The van der Waals surface area contributed by atoms with E-state index >= 15 is 0 Å². The number of fused-ring (bicyclic) bond motifs is 1. The van der Waals surface area contributed by atoms with Crippen LogP contribution in [0.1, 0.15) is 56.4 Å². The molecule has 1 aliphatic heterocycles. The number of aromatic nitrogens is 2. The number of hydrogen-bond acceptors (Lipinski definition) is 4. The molecule has 0 unspecified atom stereocenters. The van der Waals surface area contributed by atoms with E-state index in [4.69, 9.17) is 16.6 Å². The van der Waals surface area contributed by atoms with Crippen LogP contribution in [0.3, 0.4) is 0 Å². The van der Waals surface area contributed by atoms with Crippen molar-refractivity contribution in [2.24, 2.45) is 5.92 Å². The van der Waals surface area contributed by atoms with Crippen LogP contribution in [0.2, 0.25) is 5.02 Å². The number of likely N-dealkylation sites (tertiary alicyclic amines) is 1. The minimum atomic E-state index is -0.174. The van der Waals surface area contributed by atoms with Crippen LogP contribution in [0, 0.1) is 5.92 Å². The summed E-state index contributed by atoms with van der Waals surface area (Å²) in [5.74, 6) is 1.55. The molecule has 36 heavy (non-hydrogen) atoms. The molecule has 2 heterocycles. The largest absolute Gasteiger partial charge is 0.352 e. The van der Waals surface area contributed by atoms with Gasteiger partial charge in [0.1, 0.15) is 12.4 Å². The van der Waals surface area contributed by atoms with Gasteiger partial charge in [0, 0.05) is 23.2 Å². The molecule has 0 spiro atoms. The first-order valence-electron chi connectivity index (χ1n) is 13.4. The Bertz CT molecular complexity index is 1340. The molecule has 6 nitrogen and oxygen atoms in total. The zero-order valence-corrected chi connectivity index (χ0v) is 21.3. The van der Waals surface area contributed by atoms with Gasteiger partial charge in [-0.05, 0) is 93.3 Å². The summed E-state index contributed by atoms with van der Waals surface area (Å²) in [5.41, 5.74) is 2.42. The maximum Gasteiger partial charge on any atom is 0.262 e. The van der Waals surface area contributed by atoms with E-state index in [0.717, 1.165) is 24.3 Å². The van der Waals surface area contributed by atoms with Crippen molar-refractivity contribution in [3.05, 3.63) is 63.4 Å². The predicted molar refractivity (Wildman–Crippen MR) is 143 cm³/mol. The highest BCUT2D eigenvalue weighted by atomic mass is 35.5. The van der Waals surface area contributed by atoms with E-state index in [2.05, 4.69) is 16.3 Å². The fourth-order valence-electron chi connectivity index (χ4n) is 5.80. The first kappa shape index (κ1) is 23.7. The van der Waals surface area contributed by atoms with Crippen LogP contribution < -0.4 is 10.9 Å². The summed E-state index contributed by atoms with van der Waals surface area (Å²) < 4.78 is 1.51. The van der Waals surface area contributed by atoms with Crippen LogP contribution in [-0.4, -0.2) is 46.0 Å². The van der Waals surface area contributed by atoms with Crippen LogP contribution in [0.15, 0.2) is 47.3 Å². The number of nitrogens with zero attached hydrogens (tertiary/aromatic N) is 3. The third-order valence-electron chi connectivity index (χ3n) is 7.98. The first-order chi connectivity index (χ1) is 17.5. The molecule has 188 valence electrons. The summed E-state index contributed by atoms with van der Waals surface area (Å²) in [6.07, 6.45) is 8.38. The molecular formula is C29H33ClN4O2. The topological polar surface area (TPSA) is 67.2 Å². The second-order valence-electron chi connectivity index (χ2n) is 10.9. The zero-order chi connectivity index (χ0) is 24.6. The van der Waals surface area contributed by atoms with E-state index in [-0.39, 0.29) is 24.1 Å². The number of nitrogens with one attached hydrogen (secondary N) is 1. The summed E-state index contributed by atoms with van der Waals surface area (Å²) >= 11 is 6.24. The summed E-state index contributed by atoms with van der Waals surface area (Å²) in [5, 5.41) is 4.14. The number of rotatable bonds is 7. The van der Waals surface area contributed by atoms with Gasteiger partial charge in [-0.1, -0.05) is 36.2 Å². The highest BCUT2D eigenvalue weighted by Crippen LogP contribution is 2.42. The van der Waals surface area contributed by atoms with Crippen molar-refractivity contribution in [1.29, 1.82) is 0 Å². The Hall–Kier alpha value is -2.70. The molecule has 7 heteroatoms. The minimum Gasteiger partial charge on any atom is -0.352 e. The number of hydrogen-bond donors (Lipinski definition) is 1. The molecule has 2 saturated carbocycles. The Balaban J connectivity index is 1.28. The maximum absolute atomic E-state index is 13.8. The quantitative estimate of drug-likeness (QED) is 0.493. The molecule has 2 aliphatic carbocycles. The van der Waals surface area contributed by atoms with Gasteiger partial charge in [-0.3, -0.25) is 14.2 Å². The Labute approximate surface area is 216 Å². The zero-order valence-electron chi connectivity index (χ0n) is 20.6. The third-order valence-corrected chi connectivity index (χ3v) is 8.21. The highest BCUT2D eigenvalue weighted by Gasteiger charge is 2.32. The molecule has 3 aromatic rings. The van der Waals surface area contributed by atoms with Crippen molar-refractivity contribution in [1.82, 2.24) is 19.8 Å². The van der Waals surface area contributed by atoms with E-state index in [1.54, 1.807) is 12.1 Å². The molecule has 0 bridgehead atoms. The van der Waals surface area contributed by atoms with Crippen LogP contribution in [-0.2, 0) is 11.3 Å². The normalized spacial score (nSPS) is 22.4. The van der Waals surface area contributed by atoms with E-state index in [1.807, 2.05) is 24.3 Å². The average Bonchev–Trinajstić information content (AvgIpc) is 3.67. The Morgan fingerprint density at radius 3 is 2.61 bits per heavy atom. The molecule has 0 atom stereocenters. The van der Waals surface area contributed by atoms with Crippen molar-refractivity contribution in [2.45, 2.75) is 63.5 Å².